The van der Waals surface area contributed by atoms with Crippen LogP contribution in [0.4, 0.5) is 0 Å². The van der Waals surface area contributed by atoms with E-state index >= 15 is 0 Å². The summed E-state index contributed by atoms with van der Waals surface area (Å²) >= 11 is 1.40. The highest BCUT2D eigenvalue weighted by atomic mass is 32.2. The van der Waals surface area contributed by atoms with Gasteiger partial charge < -0.3 is 0 Å². The van der Waals surface area contributed by atoms with Crippen molar-refractivity contribution in [3.05, 3.63) is 29.8 Å². The van der Waals surface area contributed by atoms with Crippen LogP contribution in [0.25, 0.3) is 0 Å². The molecule has 1 aromatic carbocycles. The zero-order chi connectivity index (χ0) is 8.97. The van der Waals surface area contributed by atoms with Gasteiger partial charge in [-0.05, 0) is 19.1 Å². The maximum atomic E-state index is 10.3. The number of carbonyl (C=O) groups is 1. The van der Waals surface area contributed by atoms with Crippen molar-refractivity contribution in [3.8, 4) is 0 Å². The summed E-state index contributed by atoms with van der Waals surface area (Å²) in [6, 6.07) is 7.92. The molecule has 0 aliphatic heterocycles. The van der Waals surface area contributed by atoms with E-state index in [4.69, 9.17) is 5.73 Å². The normalized spacial score (nSPS) is 9.75. The van der Waals surface area contributed by atoms with Gasteiger partial charge in [0.2, 0.25) is 5.91 Å². The fourth-order valence-corrected chi connectivity index (χ4v) is 1.41. The van der Waals surface area contributed by atoms with E-state index in [2.05, 4.69) is 0 Å². The van der Waals surface area contributed by atoms with Crippen LogP contribution in [0.2, 0.25) is 0 Å². The third kappa shape index (κ3) is 2.96. The number of nitrogens with one attached hydrogen (secondary N) is 1. The highest BCUT2D eigenvalue weighted by molar-refractivity contribution is 8.00. The molecule has 1 rings (SSSR count). The van der Waals surface area contributed by atoms with Crippen molar-refractivity contribution >= 4 is 17.7 Å². The van der Waals surface area contributed by atoms with Crippen LogP contribution >= 0.6 is 11.8 Å². The average molecular weight is 180 g/mol. The molecule has 0 unspecified atom stereocenters. The predicted octanol–water partition coefficient (Wildman–Crippen LogP) is 1.90. The van der Waals surface area contributed by atoms with Gasteiger partial charge in [-0.15, -0.1) is 11.8 Å². The predicted molar refractivity (Wildman–Crippen MR) is 50.0 cm³/mol. The lowest BCUT2D eigenvalue weighted by atomic mass is 10.2. The van der Waals surface area contributed by atoms with E-state index in [1.165, 1.54) is 17.3 Å². The summed E-state index contributed by atoms with van der Waals surface area (Å²) in [5.74, 6) is -0.288. The Hall–Kier alpha value is -0.960. The average Bonchev–Trinajstić information content (AvgIpc) is 2.03. The number of thioether (sulfide) groups is 1. The van der Waals surface area contributed by atoms with Gasteiger partial charge in [-0.2, -0.15) is 0 Å². The quantitative estimate of drug-likeness (QED) is 0.666. The van der Waals surface area contributed by atoms with Crippen LogP contribution in [0.5, 0.6) is 0 Å². The molecular formula is C9H10NOS. The Balaban J connectivity index is 2.53. The fourth-order valence-electron chi connectivity index (χ4n) is 0.783. The van der Waals surface area contributed by atoms with Gasteiger partial charge in [-0.1, -0.05) is 17.7 Å². The van der Waals surface area contributed by atoms with E-state index in [1.54, 1.807) is 0 Å². The summed E-state index contributed by atoms with van der Waals surface area (Å²) in [5, 5.41) is 0. The van der Waals surface area contributed by atoms with Gasteiger partial charge in [-0.25, -0.2) is 0 Å². The highest BCUT2D eigenvalue weighted by Gasteiger charge is 1.97. The van der Waals surface area contributed by atoms with Crippen LogP contribution in [-0.4, -0.2) is 11.7 Å². The first-order valence-electron chi connectivity index (χ1n) is 3.62. The molecule has 0 bridgehead atoms. The third-order valence-corrected chi connectivity index (χ3v) is 2.40. The molecule has 1 aromatic rings. The van der Waals surface area contributed by atoms with Gasteiger partial charge in [0.25, 0.3) is 0 Å². The molecule has 0 fully saturated rings. The Bertz CT molecular complexity index is 268. The second-order valence-electron chi connectivity index (χ2n) is 2.52. The number of hydrogen-bond acceptors (Lipinski definition) is 2. The second-order valence-corrected chi connectivity index (χ2v) is 3.57. The minimum atomic E-state index is -0.527. The van der Waals surface area contributed by atoms with Crippen molar-refractivity contribution in [1.82, 2.24) is 5.73 Å². The Morgan fingerprint density at radius 3 is 2.50 bits per heavy atom. The smallest absolute Gasteiger partial charge is 0.248 e. The minimum absolute atomic E-state index is 0.239. The monoisotopic (exact) mass is 180 g/mol. The molecule has 0 saturated carbocycles. The van der Waals surface area contributed by atoms with Crippen molar-refractivity contribution in [2.45, 2.75) is 11.8 Å². The van der Waals surface area contributed by atoms with Crippen molar-refractivity contribution in [2.75, 3.05) is 5.75 Å². The van der Waals surface area contributed by atoms with Crippen LogP contribution in [0, 0.1) is 6.92 Å². The molecule has 0 heterocycles. The second kappa shape index (κ2) is 4.16. The largest absolute Gasteiger partial charge is 0.272 e. The molecule has 0 aliphatic carbocycles. The molecule has 2 nitrogen and oxygen atoms in total. The number of hydrogen-bond donors (Lipinski definition) is 0. The van der Waals surface area contributed by atoms with Gasteiger partial charge in [0.1, 0.15) is 0 Å². The lowest BCUT2D eigenvalue weighted by Gasteiger charge is -1.98. The van der Waals surface area contributed by atoms with Gasteiger partial charge in [0.15, 0.2) is 0 Å². The molecule has 0 atom stereocenters. The minimum Gasteiger partial charge on any atom is -0.272 e. The molecule has 3 heteroatoms. The molecule has 1 radical (unpaired) electrons. The summed E-state index contributed by atoms with van der Waals surface area (Å²) < 4.78 is 0. The van der Waals surface area contributed by atoms with Crippen molar-refractivity contribution in [3.63, 3.8) is 0 Å². The zero-order valence-corrected chi connectivity index (χ0v) is 7.65. The summed E-state index contributed by atoms with van der Waals surface area (Å²) in [7, 11) is 0. The first-order chi connectivity index (χ1) is 5.68. The van der Waals surface area contributed by atoms with Gasteiger partial charge in [0.05, 0.1) is 5.75 Å². The van der Waals surface area contributed by atoms with E-state index in [1.807, 2.05) is 31.2 Å². The maximum absolute atomic E-state index is 10.3. The summed E-state index contributed by atoms with van der Waals surface area (Å²) in [6.07, 6.45) is 0. The van der Waals surface area contributed by atoms with E-state index < -0.39 is 5.91 Å². The van der Waals surface area contributed by atoms with E-state index in [0.29, 0.717) is 0 Å². The zero-order valence-electron chi connectivity index (χ0n) is 6.83. The Morgan fingerprint density at radius 2 is 2.00 bits per heavy atom. The summed E-state index contributed by atoms with van der Waals surface area (Å²) in [5.41, 5.74) is 7.91. The van der Waals surface area contributed by atoms with Crippen LogP contribution in [0.1, 0.15) is 5.56 Å². The SMILES string of the molecule is Cc1ccc(SCC([NH])=O)cc1. The van der Waals surface area contributed by atoms with Crippen molar-refractivity contribution in [1.29, 1.82) is 0 Å². The Morgan fingerprint density at radius 1 is 1.42 bits per heavy atom. The van der Waals surface area contributed by atoms with E-state index in [-0.39, 0.29) is 5.75 Å². The molecule has 1 amide bonds. The van der Waals surface area contributed by atoms with Crippen molar-refractivity contribution in [2.24, 2.45) is 0 Å². The van der Waals surface area contributed by atoms with Gasteiger partial charge >= 0.3 is 0 Å². The Kier molecular flexibility index (Phi) is 3.17. The van der Waals surface area contributed by atoms with Crippen LogP contribution in [-0.2, 0) is 4.79 Å². The van der Waals surface area contributed by atoms with Crippen LogP contribution < -0.4 is 5.73 Å². The number of amides is 1. The van der Waals surface area contributed by atoms with Gasteiger partial charge in [-0.3, -0.25) is 10.5 Å². The van der Waals surface area contributed by atoms with Crippen LogP contribution in [0.3, 0.4) is 0 Å². The van der Waals surface area contributed by atoms with E-state index in [0.717, 1.165) is 4.90 Å². The summed E-state index contributed by atoms with van der Waals surface area (Å²) in [4.78, 5) is 11.4. The van der Waals surface area contributed by atoms with Gasteiger partial charge in [0, 0.05) is 4.90 Å². The standard InChI is InChI=1S/C9H10NOS/c1-7-2-4-8(5-3-7)12-6-9(10)11/h2-5,10H,6H2,1H3. The third-order valence-electron chi connectivity index (χ3n) is 1.39. The lowest BCUT2D eigenvalue weighted by Crippen LogP contribution is -1.99. The molecule has 1 N–H and O–H groups in total. The topological polar surface area (TPSA) is 40.9 Å². The first kappa shape index (κ1) is 9.13. The molecule has 63 valence electrons. The highest BCUT2D eigenvalue weighted by Crippen LogP contribution is 2.17. The molecule has 0 spiro atoms. The molecular weight excluding hydrogens is 170 g/mol. The molecule has 0 aromatic heterocycles. The number of carbonyl (C=O) groups excluding carboxylic acids is 1. The van der Waals surface area contributed by atoms with E-state index in [9.17, 15) is 4.79 Å². The maximum Gasteiger partial charge on any atom is 0.248 e. The number of aryl methyl sites for hydroxylation is 1. The number of benzene rings is 1. The first-order valence-corrected chi connectivity index (χ1v) is 4.61. The Labute approximate surface area is 76.2 Å². The molecule has 12 heavy (non-hydrogen) atoms. The molecule has 0 aliphatic rings. The number of rotatable bonds is 3. The fraction of sp³-hybridized carbons (Fsp3) is 0.222. The lowest BCUT2D eigenvalue weighted by molar-refractivity contribution is -0.116. The van der Waals surface area contributed by atoms with Crippen molar-refractivity contribution < 1.29 is 4.79 Å². The molecule has 0 saturated heterocycles. The summed E-state index contributed by atoms with van der Waals surface area (Å²) in [6.45, 7) is 2.02. The van der Waals surface area contributed by atoms with Crippen LogP contribution in [0.15, 0.2) is 29.2 Å².